The van der Waals surface area contributed by atoms with Gasteiger partial charge in [-0.05, 0) is 12.1 Å². The molecule has 0 saturated carbocycles. The zero-order valence-electron chi connectivity index (χ0n) is 11.1. The molecule has 0 aliphatic carbocycles. The fourth-order valence-corrected chi connectivity index (χ4v) is 2.37. The summed E-state index contributed by atoms with van der Waals surface area (Å²) in [7, 11) is 0. The van der Waals surface area contributed by atoms with Crippen molar-refractivity contribution in [3.63, 3.8) is 0 Å². The van der Waals surface area contributed by atoms with Gasteiger partial charge in [0, 0.05) is 11.8 Å². The molecule has 4 rings (SSSR count). The minimum atomic E-state index is 0.506. The molecule has 3 aromatic heterocycles. The molecule has 4 aromatic rings. The third kappa shape index (κ3) is 1.77. The molecular weight excluding hydrogens is 264 g/mol. The molecule has 0 saturated heterocycles. The highest BCUT2D eigenvalue weighted by atomic mass is 15.4. The number of nitrogen functional groups attached to an aromatic ring is 1. The number of anilines is 1. The van der Waals surface area contributed by atoms with Crippen LogP contribution in [0, 0.1) is 0 Å². The second-order valence-corrected chi connectivity index (χ2v) is 4.65. The molecule has 21 heavy (non-hydrogen) atoms. The summed E-state index contributed by atoms with van der Waals surface area (Å²) in [4.78, 5) is 4.32. The van der Waals surface area contributed by atoms with E-state index in [1.54, 1.807) is 10.9 Å². The Hall–Kier alpha value is -3.15. The third-order valence-corrected chi connectivity index (χ3v) is 3.33. The minimum Gasteiger partial charge on any atom is -0.383 e. The van der Waals surface area contributed by atoms with E-state index in [2.05, 4.69) is 20.3 Å². The molecule has 1 aromatic carbocycles. The Kier molecular flexibility index (Phi) is 2.47. The number of nitrogens with one attached hydrogen (secondary N) is 1. The van der Waals surface area contributed by atoms with Crippen LogP contribution in [0.1, 0.15) is 0 Å². The summed E-state index contributed by atoms with van der Waals surface area (Å²) in [5, 5.41) is 12.5. The van der Waals surface area contributed by atoms with Gasteiger partial charge in [0.2, 0.25) is 0 Å². The summed E-state index contributed by atoms with van der Waals surface area (Å²) < 4.78 is 1.70. The van der Waals surface area contributed by atoms with Crippen LogP contribution in [0.3, 0.4) is 0 Å². The lowest BCUT2D eigenvalue weighted by molar-refractivity contribution is 0.856. The Morgan fingerprint density at radius 1 is 1.00 bits per heavy atom. The number of benzene rings is 1. The number of fused-ring (bicyclic) bond motifs is 1. The second-order valence-electron chi connectivity index (χ2n) is 4.65. The fraction of sp³-hybridized carbons (Fsp3) is 0. The van der Waals surface area contributed by atoms with Gasteiger partial charge in [-0.15, -0.1) is 0 Å². The molecule has 0 radical (unpaired) electrons. The minimum absolute atomic E-state index is 0.506. The molecule has 6 nitrogen and oxygen atoms in total. The average molecular weight is 276 g/mol. The first-order valence-electron chi connectivity index (χ1n) is 6.54. The third-order valence-electron chi connectivity index (χ3n) is 3.33. The van der Waals surface area contributed by atoms with E-state index < -0.39 is 0 Å². The first-order chi connectivity index (χ1) is 10.3. The van der Waals surface area contributed by atoms with Crippen molar-refractivity contribution in [3.05, 3.63) is 54.7 Å². The summed E-state index contributed by atoms with van der Waals surface area (Å²) in [6, 6.07) is 15.6. The molecule has 102 valence electrons. The summed E-state index contributed by atoms with van der Waals surface area (Å²) in [5.41, 5.74) is 8.47. The van der Waals surface area contributed by atoms with Crippen LogP contribution < -0.4 is 5.73 Å². The summed E-state index contributed by atoms with van der Waals surface area (Å²) in [6.07, 6.45) is 1.72. The highest BCUT2D eigenvalue weighted by Gasteiger charge is 2.19. The van der Waals surface area contributed by atoms with Gasteiger partial charge < -0.3 is 5.73 Å². The van der Waals surface area contributed by atoms with Crippen LogP contribution in [-0.2, 0) is 0 Å². The largest absolute Gasteiger partial charge is 0.383 e. The molecule has 0 unspecified atom stereocenters. The van der Waals surface area contributed by atoms with Gasteiger partial charge in [-0.2, -0.15) is 14.9 Å². The van der Waals surface area contributed by atoms with Gasteiger partial charge in [0.15, 0.2) is 11.5 Å². The maximum atomic E-state index is 6.01. The second kappa shape index (κ2) is 4.45. The molecule has 0 amide bonds. The smallest absolute Gasteiger partial charge is 0.188 e. The van der Waals surface area contributed by atoms with Gasteiger partial charge in [-0.3, -0.25) is 5.10 Å². The number of hydrogen-bond donors (Lipinski definition) is 2. The van der Waals surface area contributed by atoms with Crippen molar-refractivity contribution < 1.29 is 0 Å². The number of rotatable bonds is 2. The van der Waals surface area contributed by atoms with E-state index in [0.717, 1.165) is 16.6 Å². The lowest BCUT2D eigenvalue weighted by atomic mass is 10.1. The molecule has 0 spiro atoms. The predicted octanol–water partition coefficient (Wildman–Crippen LogP) is 2.39. The zero-order chi connectivity index (χ0) is 14.2. The van der Waals surface area contributed by atoms with Crippen LogP contribution >= 0.6 is 0 Å². The van der Waals surface area contributed by atoms with E-state index in [1.807, 2.05) is 48.5 Å². The Labute approximate surface area is 120 Å². The van der Waals surface area contributed by atoms with Gasteiger partial charge >= 0.3 is 0 Å². The van der Waals surface area contributed by atoms with Crippen LogP contribution in [-0.4, -0.2) is 25.0 Å². The summed E-state index contributed by atoms with van der Waals surface area (Å²) in [5.74, 6) is 1.21. The molecule has 3 N–H and O–H groups in total. The SMILES string of the molecule is Nc1[nH]nc2c1c(-c1ccccc1)nn2-c1ccccn1. The van der Waals surface area contributed by atoms with Crippen LogP contribution in [0.5, 0.6) is 0 Å². The van der Waals surface area contributed by atoms with Gasteiger partial charge in [-0.1, -0.05) is 36.4 Å². The molecule has 0 aliphatic heterocycles. The number of hydrogen-bond acceptors (Lipinski definition) is 4. The van der Waals surface area contributed by atoms with E-state index in [-0.39, 0.29) is 0 Å². The van der Waals surface area contributed by atoms with Crippen molar-refractivity contribution in [2.45, 2.75) is 0 Å². The van der Waals surface area contributed by atoms with E-state index in [0.29, 0.717) is 17.3 Å². The van der Waals surface area contributed by atoms with Crippen LogP contribution in [0.4, 0.5) is 5.82 Å². The molecular formula is C15H12N6. The molecule has 0 aliphatic rings. The lowest BCUT2D eigenvalue weighted by Gasteiger charge is -1.99. The van der Waals surface area contributed by atoms with Gasteiger partial charge in [-0.25, -0.2) is 4.98 Å². The van der Waals surface area contributed by atoms with Crippen molar-refractivity contribution in [2.75, 3.05) is 5.73 Å². The van der Waals surface area contributed by atoms with Crippen molar-refractivity contribution in [1.29, 1.82) is 0 Å². The molecule has 3 heterocycles. The topological polar surface area (TPSA) is 85.4 Å². The Bertz CT molecular complexity index is 892. The van der Waals surface area contributed by atoms with Crippen LogP contribution in [0.2, 0.25) is 0 Å². The molecule has 0 atom stereocenters. The quantitative estimate of drug-likeness (QED) is 0.588. The predicted molar refractivity (Wildman–Crippen MR) is 80.9 cm³/mol. The maximum absolute atomic E-state index is 6.01. The van der Waals surface area contributed by atoms with Gasteiger partial charge in [0.05, 0.1) is 5.39 Å². The number of aromatic amines is 1. The van der Waals surface area contributed by atoms with Gasteiger partial charge in [0.1, 0.15) is 11.5 Å². The summed E-state index contributed by atoms with van der Waals surface area (Å²) in [6.45, 7) is 0. The Morgan fingerprint density at radius 3 is 2.57 bits per heavy atom. The van der Waals surface area contributed by atoms with Crippen LogP contribution in [0.25, 0.3) is 28.1 Å². The molecule has 0 fully saturated rings. The highest BCUT2D eigenvalue weighted by molar-refractivity contribution is 5.99. The number of pyridine rings is 1. The number of H-pyrrole nitrogens is 1. The van der Waals surface area contributed by atoms with E-state index >= 15 is 0 Å². The van der Waals surface area contributed by atoms with Crippen molar-refractivity contribution in [1.82, 2.24) is 25.0 Å². The van der Waals surface area contributed by atoms with Crippen molar-refractivity contribution >= 4 is 16.9 Å². The first-order valence-corrected chi connectivity index (χ1v) is 6.54. The van der Waals surface area contributed by atoms with E-state index in [9.17, 15) is 0 Å². The zero-order valence-corrected chi connectivity index (χ0v) is 11.1. The fourth-order valence-electron chi connectivity index (χ4n) is 2.37. The Balaban J connectivity index is 2.03. The standard InChI is InChI=1S/C15H12N6/c16-14-12-13(10-6-2-1-3-7-10)20-21(15(12)19-18-14)11-8-4-5-9-17-11/h1-9H,(H3,16,18,19). The normalized spacial score (nSPS) is 11.0. The first kappa shape index (κ1) is 11.7. The highest BCUT2D eigenvalue weighted by Crippen LogP contribution is 2.31. The molecule has 0 bridgehead atoms. The van der Waals surface area contributed by atoms with Crippen LogP contribution in [0.15, 0.2) is 54.7 Å². The summed E-state index contributed by atoms with van der Waals surface area (Å²) >= 11 is 0. The average Bonchev–Trinajstić information content (AvgIpc) is 3.10. The van der Waals surface area contributed by atoms with E-state index in [4.69, 9.17) is 5.73 Å². The van der Waals surface area contributed by atoms with Gasteiger partial charge in [0.25, 0.3) is 0 Å². The molecule has 6 heteroatoms. The number of nitrogens with two attached hydrogens (primary N) is 1. The van der Waals surface area contributed by atoms with Crippen molar-refractivity contribution in [2.24, 2.45) is 0 Å². The van der Waals surface area contributed by atoms with E-state index in [1.165, 1.54) is 0 Å². The maximum Gasteiger partial charge on any atom is 0.188 e. The van der Waals surface area contributed by atoms with Crippen molar-refractivity contribution in [3.8, 4) is 17.1 Å². The number of nitrogens with zero attached hydrogens (tertiary/aromatic N) is 4. The number of aromatic nitrogens is 5. The monoisotopic (exact) mass is 276 g/mol. The lowest BCUT2D eigenvalue weighted by Crippen LogP contribution is -1.99. The Morgan fingerprint density at radius 2 is 1.81 bits per heavy atom.